The fourth-order valence-corrected chi connectivity index (χ4v) is 6.28. The largest absolute Gasteiger partial charge is 0.444 e. The number of nitrogens with one attached hydrogen (secondary N) is 2. The van der Waals surface area contributed by atoms with Gasteiger partial charge in [-0.05, 0) is 51.0 Å². The lowest BCUT2D eigenvalue weighted by molar-refractivity contribution is -0.142. The predicted molar refractivity (Wildman–Crippen MR) is 176 cm³/mol. The molecule has 0 spiro atoms. The molecule has 2 aromatic carbocycles. The van der Waals surface area contributed by atoms with Crippen molar-refractivity contribution in [1.29, 1.82) is 0 Å². The zero-order valence-electron chi connectivity index (χ0n) is 28.1. The van der Waals surface area contributed by atoms with Crippen LogP contribution in [-0.4, -0.2) is 101 Å². The summed E-state index contributed by atoms with van der Waals surface area (Å²) in [6, 6.07) is 10.5. The van der Waals surface area contributed by atoms with Crippen molar-refractivity contribution in [2.75, 3.05) is 32.0 Å². The second kappa shape index (κ2) is 13.3. The summed E-state index contributed by atoms with van der Waals surface area (Å²) >= 11 is 0. The fourth-order valence-electron chi connectivity index (χ4n) is 6.28. The molecule has 0 aliphatic carbocycles. The van der Waals surface area contributed by atoms with Gasteiger partial charge in [-0.3, -0.25) is 24.1 Å². The molecule has 4 N–H and O–H groups in total. The maximum Gasteiger partial charge on any atom is 0.410 e. The Morgan fingerprint density at radius 2 is 1.65 bits per heavy atom. The Morgan fingerprint density at radius 3 is 2.28 bits per heavy atom. The van der Waals surface area contributed by atoms with E-state index in [0.29, 0.717) is 18.7 Å². The van der Waals surface area contributed by atoms with Gasteiger partial charge in [0.05, 0.1) is 24.5 Å². The Labute approximate surface area is 271 Å². The van der Waals surface area contributed by atoms with Gasteiger partial charge in [0.25, 0.3) is 0 Å². The molecule has 0 saturated carbocycles. The summed E-state index contributed by atoms with van der Waals surface area (Å²) in [5.41, 5.74) is 4.93. The molecule has 5 atom stereocenters. The average Bonchev–Trinajstić information content (AvgIpc) is 3.58. The first-order chi connectivity index (χ1) is 21.4. The minimum Gasteiger partial charge on any atom is -0.444 e. The molecule has 2 saturated heterocycles. The smallest absolute Gasteiger partial charge is 0.410 e. The lowest BCUT2D eigenvalue weighted by Crippen LogP contribution is -2.60. The van der Waals surface area contributed by atoms with Crippen molar-refractivity contribution in [3.05, 3.63) is 42.5 Å². The number of ether oxygens (including phenoxy) is 1. The van der Waals surface area contributed by atoms with Crippen LogP contribution in [0.1, 0.15) is 54.9 Å². The van der Waals surface area contributed by atoms with Gasteiger partial charge in [-0.2, -0.15) is 0 Å². The number of likely N-dealkylation sites (tertiary alicyclic amines) is 2. The number of amides is 5. The molecule has 12 heteroatoms. The standard InChI is InChI=1S/C34H48N6O6/c1-20(38(8)32(45)46-34(5,6)7)29(42)37-28(33(2,3)4)31(44)39-17-16-25-27(39)23(19-40(25)26(41)18-35)30(43)36-24-15-11-13-21-12-9-10-14-22(21)24/h9-15,20,23,25,27-28H,16-19,35H2,1-8H3,(H,36,43)(H,37,42)/t20-,23-,25+,27?,28+/m0/s1. The third-order valence-electron chi connectivity index (χ3n) is 8.83. The quantitative estimate of drug-likeness (QED) is 0.422. The number of hydrogen-bond donors (Lipinski definition) is 3. The number of nitrogens with zero attached hydrogens (tertiary/aromatic N) is 3. The van der Waals surface area contributed by atoms with E-state index in [0.717, 1.165) is 10.8 Å². The number of carbonyl (C=O) groups excluding carboxylic acids is 5. The summed E-state index contributed by atoms with van der Waals surface area (Å²) < 4.78 is 5.41. The van der Waals surface area contributed by atoms with E-state index in [1.165, 1.54) is 11.9 Å². The van der Waals surface area contributed by atoms with Crippen LogP contribution in [0.5, 0.6) is 0 Å². The molecule has 0 radical (unpaired) electrons. The highest BCUT2D eigenvalue weighted by molar-refractivity contribution is 6.03. The van der Waals surface area contributed by atoms with Crippen LogP contribution in [0.3, 0.4) is 0 Å². The topological polar surface area (TPSA) is 154 Å². The van der Waals surface area contributed by atoms with Crippen molar-refractivity contribution >= 4 is 46.2 Å². The molecule has 12 nitrogen and oxygen atoms in total. The number of fused-ring (bicyclic) bond motifs is 2. The van der Waals surface area contributed by atoms with Gasteiger partial charge in [-0.1, -0.05) is 57.2 Å². The Bertz CT molecular complexity index is 1490. The van der Waals surface area contributed by atoms with E-state index in [4.69, 9.17) is 10.5 Å². The molecule has 2 aromatic rings. The molecule has 46 heavy (non-hydrogen) atoms. The first-order valence-electron chi connectivity index (χ1n) is 15.8. The van der Waals surface area contributed by atoms with Gasteiger partial charge in [0.2, 0.25) is 23.6 Å². The maximum absolute atomic E-state index is 14.4. The second-order valence-electron chi connectivity index (χ2n) is 14.3. The SMILES string of the molecule is C[C@@H](C(=O)N[C@H](C(=O)N1CC[C@@H]2C1[C@@H](C(=O)Nc1cccc3ccccc13)CN2C(=O)CN)C(C)(C)C)N(C)C(=O)OC(C)(C)C. The van der Waals surface area contributed by atoms with Crippen molar-refractivity contribution in [2.45, 2.75) is 84.7 Å². The zero-order valence-corrected chi connectivity index (χ0v) is 28.1. The van der Waals surface area contributed by atoms with Crippen molar-refractivity contribution in [2.24, 2.45) is 17.1 Å². The molecule has 1 unspecified atom stereocenters. The van der Waals surface area contributed by atoms with Gasteiger partial charge >= 0.3 is 6.09 Å². The van der Waals surface area contributed by atoms with Gasteiger partial charge in [0.15, 0.2) is 0 Å². The summed E-state index contributed by atoms with van der Waals surface area (Å²) in [6.07, 6.45) is -0.185. The van der Waals surface area contributed by atoms with Crippen LogP contribution >= 0.6 is 0 Å². The normalized spacial score (nSPS) is 20.9. The molecule has 2 aliphatic heterocycles. The summed E-state index contributed by atoms with van der Waals surface area (Å²) in [5.74, 6) is -2.19. The third kappa shape index (κ3) is 7.27. The predicted octanol–water partition coefficient (Wildman–Crippen LogP) is 2.95. The number of nitrogens with two attached hydrogens (primary N) is 1. The molecule has 2 heterocycles. The molecular formula is C34H48N6O6. The zero-order chi connectivity index (χ0) is 34.1. The lowest BCUT2D eigenvalue weighted by Gasteiger charge is -2.37. The fraction of sp³-hybridized carbons (Fsp3) is 0.559. The molecule has 2 aliphatic rings. The minimum absolute atomic E-state index is 0.121. The van der Waals surface area contributed by atoms with E-state index in [-0.39, 0.29) is 30.8 Å². The molecular weight excluding hydrogens is 588 g/mol. The molecule has 5 amide bonds. The highest BCUT2D eigenvalue weighted by Crippen LogP contribution is 2.38. The van der Waals surface area contributed by atoms with Crippen molar-refractivity contribution in [3.63, 3.8) is 0 Å². The summed E-state index contributed by atoms with van der Waals surface area (Å²) in [4.78, 5) is 71.8. The van der Waals surface area contributed by atoms with E-state index < -0.39 is 53.1 Å². The van der Waals surface area contributed by atoms with Crippen LogP contribution in [0.25, 0.3) is 10.8 Å². The van der Waals surface area contributed by atoms with E-state index in [2.05, 4.69) is 10.6 Å². The average molecular weight is 637 g/mol. The van der Waals surface area contributed by atoms with Crippen LogP contribution in [0.4, 0.5) is 10.5 Å². The van der Waals surface area contributed by atoms with E-state index in [1.807, 2.05) is 63.2 Å². The van der Waals surface area contributed by atoms with E-state index in [1.54, 1.807) is 37.5 Å². The van der Waals surface area contributed by atoms with Crippen LogP contribution < -0.4 is 16.4 Å². The maximum atomic E-state index is 14.4. The number of benzene rings is 2. The molecule has 0 aromatic heterocycles. The lowest BCUT2D eigenvalue weighted by atomic mass is 9.85. The Morgan fingerprint density at radius 1 is 1.00 bits per heavy atom. The highest BCUT2D eigenvalue weighted by atomic mass is 16.6. The number of carbonyl (C=O) groups is 5. The number of likely N-dealkylation sites (N-methyl/N-ethyl adjacent to an activating group) is 1. The summed E-state index contributed by atoms with van der Waals surface area (Å²) in [5, 5.41) is 7.79. The highest BCUT2D eigenvalue weighted by Gasteiger charge is 2.55. The van der Waals surface area contributed by atoms with E-state index in [9.17, 15) is 24.0 Å². The van der Waals surface area contributed by atoms with Crippen molar-refractivity contribution < 1.29 is 28.7 Å². The van der Waals surface area contributed by atoms with Gasteiger partial charge in [-0.15, -0.1) is 0 Å². The van der Waals surface area contributed by atoms with Crippen LogP contribution in [0.2, 0.25) is 0 Å². The second-order valence-corrected chi connectivity index (χ2v) is 14.3. The Balaban J connectivity index is 1.59. The van der Waals surface area contributed by atoms with Crippen LogP contribution in [-0.2, 0) is 23.9 Å². The van der Waals surface area contributed by atoms with Crippen molar-refractivity contribution in [1.82, 2.24) is 20.0 Å². The van der Waals surface area contributed by atoms with Gasteiger partial charge in [-0.25, -0.2) is 4.79 Å². The Hall–Kier alpha value is -4.19. The van der Waals surface area contributed by atoms with Crippen LogP contribution in [0, 0.1) is 11.3 Å². The molecule has 2 fully saturated rings. The van der Waals surface area contributed by atoms with Crippen molar-refractivity contribution in [3.8, 4) is 0 Å². The first kappa shape index (κ1) is 34.7. The van der Waals surface area contributed by atoms with E-state index >= 15 is 0 Å². The molecule has 0 bridgehead atoms. The number of rotatable bonds is 7. The monoisotopic (exact) mass is 636 g/mol. The van der Waals surface area contributed by atoms with Gasteiger partial charge in [0, 0.05) is 31.2 Å². The van der Waals surface area contributed by atoms with Gasteiger partial charge < -0.3 is 30.9 Å². The summed E-state index contributed by atoms with van der Waals surface area (Å²) in [6.45, 7) is 12.5. The van der Waals surface area contributed by atoms with Crippen LogP contribution in [0.15, 0.2) is 42.5 Å². The summed E-state index contributed by atoms with van der Waals surface area (Å²) in [7, 11) is 1.47. The third-order valence-corrected chi connectivity index (χ3v) is 8.83. The Kier molecular flexibility index (Phi) is 10.0. The number of hydrogen-bond acceptors (Lipinski definition) is 7. The number of anilines is 1. The molecule has 4 rings (SSSR count). The minimum atomic E-state index is -0.978. The first-order valence-corrected chi connectivity index (χ1v) is 15.8. The molecule has 250 valence electrons. The van der Waals surface area contributed by atoms with Gasteiger partial charge in [0.1, 0.15) is 17.7 Å².